The lowest BCUT2D eigenvalue weighted by Gasteiger charge is -2.54. The van der Waals surface area contributed by atoms with Gasteiger partial charge in [0.15, 0.2) is 21.3 Å². The third-order valence-corrected chi connectivity index (χ3v) is 9.87. The largest absolute Gasteiger partial charge is 0.482 e. The van der Waals surface area contributed by atoms with Gasteiger partial charge in [0.2, 0.25) is 0 Å². The molecule has 35 heavy (non-hydrogen) atoms. The molecule has 0 aromatic heterocycles. The molecule has 7 rings (SSSR count). The molecular weight excluding hydrogens is 456 g/mol. The van der Waals surface area contributed by atoms with Crippen LogP contribution in [0.25, 0.3) is 0 Å². The molecule has 0 N–H and O–H groups in total. The van der Waals surface area contributed by atoms with E-state index in [1.807, 2.05) is 24.3 Å². The second-order valence-electron chi connectivity index (χ2n) is 10.1. The maximum absolute atomic E-state index is 12.7. The van der Waals surface area contributed by atoms with Crippen molar-refractivity contribution in [3.63, 3.8) is 0 Å². The van der Waals surface area contributed by atoms with Gasteiger partial charge >= 0.3 is 5.97 Å². The Balaban J connectivity index is 1.12. The zero-order valence-corrected chi connectivity index (χ0v) is 20.4. The number of hydrogen-bond donors (Lipinski definition) is 0. The number of carbonyl (C=O) groups is 2. The van der Waals surface area contributed by atoms with Gasteiger partial charge in [-0.25, -0.2) is 4.79 Å². The SMILES string of the molecule is O=C(COc1ccc([S+](c2ccccc2)c2ccccc2)cc1)OC12CC3CC(C1)C(=O)C(C3)C2. The summed E-state index contributed by atoms with van der Waals surface area (Å²) >= 11 is 0. The fourth-order valence-electron chi connectivity index (χ4n) is 6.41. The number of ether oxygens (including phenoxy) is 2. The lowest BCUT2D eigenvalue weighted by atomic mass is 9.53. The molecule has 3 aromatic carbocycles. The van der Waals surface area contributed by atoms with E-state index in [1.54, 1.807) is 0 Å². The quantitative estimate of drug-likeness (QED) is 0.311. The fourth-order valence-corrected chi connectivity index (χ4v) is 8.49. The predicted octanol–water partition coefficient (Wildman–Crippen LogP) is 5.85. The first-order chi connectivity index (χ1) is 17.1. The molecule has 4 nitrogen and oxygen atoms in total. The van der Waals surface area contributed by atoms with Crippen LogP contribution in [0.15, 0.2) is 99.6 Å². The van der Waals surface area contributed by atoms with Gasteiger partial charge in [-0.1, -0.05) is 36.4 Å². The molecule has 4 aliphatic carbocycles. The third kappa shape index (κ3) is 4.50. The lowest BCUT2D eigenvalue weighted by Crippen LogP contribution is -2.57. The molecule has 0 heterocycles. The number of esters is 1. The van der Waals surface area contributed by atoms with Gasteiger partial charge in [-0.2, -0.15) is 0 Å². The van der Waals surface area contributed by atoms with Crippen LogP contribution < -0.4 is 4.74 Å². The van der Waals surface area contributed by atoms with Crippen LogP contribution in [0.4, 0.5) is 0 Å². The van der Waals surface area contributed by atoms with E-state index in [9.17, 15) is 9.59 Å². The Kier molecular flexibility index (Phi) is 5.89. The topological polar surface area (TPSA) is 52.6 Å². The smallest absolute Gasteiger partial charge is 0.344 e. The summed E-state index contributed by atoms with van der Waals surface area (Å²) in [5, 5.41) is 0. The van der Waals surface area contributed by atoms with Crippen LogP contribution in [0, 0.1) is 17.8 Å². The standard InChI is InChI=1S/C30H29O4S/c31-28(34-30-17-21-15-22(18-30)29(32)23(16-21)19-30)20-33-24-11-13-27(14-12-24)35(25-7-3-1-4-8-25)26-9-5-2-6-10-26/h1-14,21-23H,15-20H2/q+1. The molecular formula is C30H29O4S+. The van der Waals surface area contributed by atoms with Gasteiger partial charge in [0.1, 0.15) is 17.1 Å². The lowest BCUT2D eigenvalue weighted by molar-refractivity contribution is -0.190. The third-order valence-electron chi connectivity index (χ3n) is 7.64. The first-order valence-corrected chi connectivity index (χ1v) is 13.6. The molecule has 3 aromatic rings. The predicted molar refractivity (Wildman–Crippen MR) is 134 cm³/mol. The van der Waals surface area contributed by atoms with Crippen molar-refractivity contribution in [2.75, 3.05) is 6.61 Å². The second-order valence-corrected chi connectivity index (χ2v) is 12.1. The van der Waals surface area contributed by atoms with Crippen molar-refractivity contribution in [1.29, 1.82) is 0 Å². The highest BCUT2D eigenvalue weighted by Gasteiger charge is 2.57. The van der Waals surface area contributed by atoms with Gasteiger partial charge in [0.05, 0.1) is 10.9 Å². The van der Waals surface area contributed by atoms with Crippen LogP contribution in [-0.4, -0.2) is 24.0 Å². The molecule has 2 atom stereocenters. The highest BCUT2D eigenvalue weighted by molar-refractivity contribution is 7.97. The van der Waals surface area contributed by atoms with Crippen molar-refractivity contribution < 1.29 is 19.1 Å². The summed E-state index contributed by atoms with van der Waals surface area (Å²) in [7, 11) is -0.222. The summed E-state index contributed by atoms with van der Waals surface area (Å²) in [5.74, 6) is 1.41. The number of carbonyl (C=O) groups excluding carboxylic acids is 2. The molecule has 2 unspecified atom stereocenters. The minimum atomic E-state index is -0.450. The van der Waals surface area contributed by atoms with E-state index in [2.05, 4.69) is 60.7 Å². The molecule has 0 radical (unpaired) electrons. The molecule has 0 saturated heterocycles. The van der Waals surface area contributed by atoms with Gasteiger partial charge < -0.3 is 9.47 Å². The zero-order chi connectivity index (χ0) is 23.8. The van der Waals surface area contributed by atoms with E-state index in [4.69, 9.17) is 9.47 Å². The number of ketones is 1. The van der Waals surface area contributed by atoms with E-state index in [-0.39, 0.29) is 35.3 Å². The van der Waals surface area contributed by atoms with Crippen LogP contribution in [0.2, 0.25) is 0 Å². The Hall–Kier alpha value is -3.05. The summed E-state index contributed by atoms with van der Waals surface area (Å²) in [6.07, 6.45) is 4.24. The molecule has 0 amide bonds. The van der Waals surface area contributed by atoms with Crippen LogP contribution in [-0.2, 0) is 25.2 Å². The summed E-state index contributed by atoms with van der Waals surface area (Å²) in [4.78, 5) is 28.8. The van der Waals surface area contributed by atoms with E-state index in [1.165, 1.54) is 14.7 Å². The Morgan fingerprint density at radius 1 is 0.771 bits per heavy atom. The monoisotopic (exact) mass is 485 g/mol. The molecule has 0 spiro atoms. The number of rotatable bonds is 7. The number of hydrogen-bond acceptors (Lipinski definition) is 4. The van der Waals surface area contributed by atoms with Gasteiger partial charge in [-0.15, -0.1) is 0 Å². The highest BCUT2D eigenvalue weighted by atomic mass is 32.2. The first kappa shape index (κ1) is 22.4. The highest BCUT2D eigenvalue weighted by Crippen LogP contribution is 2.55. The van der Waals surface area contributed by atoms with E-state index < -0.39 is 5.60 Å². The molecule has 4 saturated carbocycles. The first-order valence-electron chi connectivity index (χ1n) is 12.4. The fraction of sp³-hybridized carbons (Fsp3) is 0.333. The maximum atomic E-state index is 12.7. The number of benzene rings is 3. The Morgan fingerprint density at radius 3 is 1.89 bits per heavy atom. The number of Topliss-reactive ketones (excluding diaryl/α,β-unsaturated/α-hetero) is 1. The summed E-state index contributed by atoms with van der Waals surface area (Å²) in [6.45, 7) is -0.113. The van der Waals surface area contributed by atoms with Crippen LogP contribution in [0.5, 0.6) is 5.75 Å². The minimum Gasteiger partial charge on any atom is -0.482 e. The minimum absolute atomic E-state index is 0.0884. The Labute approximate surface area is 209 Å². The van der Waals surface area contributed by atoms with Crippen molar-refractivity contribution in [2.45, 2.75) is 52.4 Å². The maximum Gasteiger partial charge on any atom is 0.344 e. The zero-order valence-electron chi connectivity index (χ0n) is 19.6. The average molecular weight is 486 g/mol. The van der Waals surface area contributed by atoms with E-state index in [0.717, 1.165) is 19.3 Å². The van der Waals surface area contributed by atoms with Crippen LogP contribution in [0.3, 0.4) is 0 Å². The molecule has 4 bridgehead atoms. The Morgan fingerprint density at radius 2 is 1.31 bits per heavy atom. The van der Waals surface area contributed by atoms with Crippen molar-refractivity contribution in [1.82, 2.24) is 0 Å². The summed E-state index contributed by atoms with van der Waals surface area (Å²) in [6, 6.07) is 29.0. The van der Waals surface area contributed by atoms with Gasteiger partial charge in [0, 0.05) is 11.8 Å². The van der Waals surface area contributed by atoms with Crippen LogP contribution >= 0.6 is 0 Å². The molecule has 0 aliphatic heterocycles. The van der Waals surface area contributed by atoms with E-state index in [0.29, 0.717) is 30.3 Å². The summed E-state index contributed by atoms with van der Waals surface area (Å²) in [5.41, 5.74) is -0.450. The van der Waals surface area contributed by atoms with Gasteiger partial charge in [0.25, 0.3) is 0 Å². The van der Waals surface area contributed by atoms with Gasteiger partial charge in [-0.05, 0) is 86.6 Å². The van der Waals surface area contributed by atoms with Crippen molar-refractivity contribution in [2.24, 2.45) is 17.8 Å². The summed E-state index contributed by atoms with van der Waals surface area (Å²) < 4.78 is 11.8. The van der Waals surface area contributed by atoms with Crippen molar-refractivity contribution in [3.05, 3.63) is 84.9 Å². The molecule has 4 aliphatic rings. The Bertz CT molecular complexity index is 1150. The second kappa shape index (κ2) is 9.19. The molecule has 178 valence electrons. The molecule has 4 fully saturated rings. The normalized spacial score (nSPS) is 26.7. The average Bonchev–Trinajstić information content (AvgIpc) is 2.87. The van der Waals surface area contributed by atoms with Gasteiger partial charge in [-0.3, -0.25) is 4.79 Å². The molecule has 5 heteroatoms. The van der Waals surface area contributed by atoms with E-state index >= 15 is 0 Å². The van der Waals surface area contributed by atoms with Crippen LogP contribution in [0.1, 0.15) is 32.1 Å². The van der Waals surface area contributed by atoms with Crippen molar-refractivity contribution >= 4 is 22.6 Å². The van der Waals surface area contributed by atoms with Crippen molar-refractivity contribution in [3.8, 4) is 5.75 Å².